The fourth-order valence-electron chi connectivity index (χ4n) is 2.39. The van der Waals surface area contributed by atoms with Gasteiger partial charge in [0.25, 0.3) is 5.69 Å². The first-order valence-electron chi connectivity index (χ1n) is 7.75. The van der Waals surface area contributed by atoms with E-state index in [-0.39, 0.29) is 11.6 Å². The number of ether oxygens (including phenoxy) is 1. The molecule has 1 aliphatic heterocycles. The number of nitro groups is 1. The summed E-state index contributed by atoms with van der Waals surface area (Å²) in [6.45, 7) is 2.29. The highest BCUT2D eigenvalue weighted by molar-refractivity contribution is 5.91. The molecule has 1 aromatic carbocycles. The topological polar surface area (TPSA) is 98.5 Å². The van der Waals surface area contributed by atoms with Crippen molar-refractivity contribution in [2.24, 2.45) is 0 Å². The summed E-state index contributed by atoms with van der Waals surface area (Å²) >= 11 is 0. The molecule has 2 heterocycles. The number of amides is 1. The van der Waals surface area contributed by atoms with Gasteiger partial charge in [-0.2, -0.15) is 0 Å². The monoisotopic (exact) mass is 340 g/mol. The third kappa shape index (κ3) is 4.24. The van der Waals surface area contributed by atoms with Gasteiger partial charge < -0.3 is 9.64 Å². The van der Waals surface area contributed by atoms with Crippen LogP contribution in [0.15, 0.2) is 42.7 Å². The molecule has 25 heavy (non-hydrogen) atoms. The Kier molecular flexibility index (Phi) is 5.10. The molecule has 0 atom stereocenters. The first-order chi connectivity index (χ1) is 12.1. The normalized spacial score (nSPS) is 14.6. The molecule has 0 N–H and O–H groups in total. The predicted molar refractivity (Wildman–Crippen MR) is 90.6 cm³/mol. The first-order valence-corrected chi connectivity index (χ1v) is 7.75. The van der Waals surface area contributed by atoms with Crippen molar-refractivity contribution in [3.63, 3.8) is 0 Å². The van der Waals surface area contributed by atoms with Crippen LogP contribution in [0.3, 0.4) is 0 Å². The largest absolute Gasteiger partial charge is 0.378 e. The second-order valence-corrected chi connectivity index (χ2v) is 5.42. The van der Waals surface area contributed by atoms with Crippen LogP contribution < -0.4 is 0 Å². The summed E-state index contributed by atoms with van der Waals surface area (Å²) < 4.78 is 5.21. The maximum absolute atomic E-state index is 12.0. The van der Waals surface area contributed by atoms with Gasteiger partial charge in [0.15, 0.2) is 5.82 Å². The Morgan fingerprint density at radius 1 is 1.24 bits per heavy atom. The van der Waals surface area contributed by atoms with Crippen molar-refractivity contribution in [3.8, 4) is 11.4 Å². The number of nitro benzene ring substituents is 1. The highest BCUT2D eigenvalue weighted by Gasteiger charge is 2.14. The summed E-state index contributed by atoms with van der Waals surface area (Å²) in [7, 11) is 0. The molecule has 1 aliphatic rings. The van der Waals surface area contributed by atoms with Crippen molar-refractivity contribution in [3.05, 3.63) is 58.4 Å². The Morgan fingerprint density at radius 2 is 1.96 bits per heavy atom. The molecular formula is C17H16N4O4. The van der Waals surface area contributed by atoms with E-state index < -0.39 is 4.92 Å². The third-order valence-electron chi connectivity index (χ3n) is 3.73. The Bertz CT molecular complexity index is 799. The van der Waals surface area contributed by atoms with Crippen LogP contribution in [-0.4, -0.2) is 52.0 Å². The summed E-state index contributed by atoms with van der Waals surface area (Å²) in [5.41, 5.74) is 1.23. The van der Waals surface area contributed by atoms with Gasteiger partial charge >= 0.3 is 0 Å². The van der Waals surface area contributed by atoms with E-state index >= 15 is 0 Å². The summed E-state index contributed by atoms with van der Waals surface area (Å²) in [5, 5.41) is 10.8. The number of non-ortho nitro benzene ring substituents is 1. The number of nitrogens with zero attached hydrogens (tertiary/aromatic N) is 4. The zero-order valence-electron chi connectivity index (χ0n) is 13.4. The van der Waals surface area contributed by atoms with Gasteiger partial charge in [0.05, 0.1) is 18.1 Å². The molecule has 8 heteroatoms. The molecule has 128 valence electrons. The Morgan fingerprint density at radius 3 is 2.64 bits per heavy atom. The van der Waals surface area contributed by atoms with Gasteiger partial charge in [-0.3, -0.25) is 14.9 Å². The van der Waals surface area contributed by atoms with Gasteiger partial charge in [0.2, 0.25) is 5.91 Å². The van der Waals surface area contributed by atoms with Gasteiger partial charge in [-0.15, -0.1) is 0 Å². The molecule has 1 saturated heterocycles. The predicted octanol–water partition coefficient (Wildman–Crippen LogP) is 1.92. The average Bonchev–Trinajstić information content (AvgIpc) is 2.67. The number of carbonyl (C=O) groups excluding carboxylic acids is 1. The quantitative estimate of drug-likeness (QED) is 0.479. The standard InChI is InChI=1S/C17H16N4O4/c22-16(20-6-8-25-9-7-20)5-4-13-11-18-17(19-12-13)14-2-1-3-15(10-14)21(23)24/h1-5,10-12H,6-9H2/b5-4+. The number of hydrogen-bond acceptors (Lipinski definition) is 6. The second-order valence-electron chi connectivity index (χ2n) is 5.42. The molecule has 2 aromatic rings. The number of morpholine rings is 1. The van der Waals surface area contributed by atoms with Crippen LogP contribution in [0.5, 0.6) is 0 Å². The molecule has 0 unspecified atom stereocenters. The molecule has 1 fully saturated rings. The maximum Gasteiger partial charge on any atom is 0.270 e. The maximum atomic E-state index is 12.0. The Balaban J connectivity index is 1.69. The van der Waals surface area contributed by atoms with Crippen LogP contribution in [0.4, 0.5) is 5.69 Å². The molecule has 0 saturated carbocycles. The lowest BCUT2D eigenvalue weighted by molar-refractivity contribution is -0.384. The highest BCUT2D eigenvalue weighted by atomic mass is 16.6. The van der Waals surface area contributed by atoms with E-state index in [4.69, 9.17) is 4.74 Å². The molecule has 0 aliphatic carbocycles. The second kappa shape index (κ2) is 7.63. The molecule has 0 radical (unpaired) electrons. The van der Waals surface area contributed by atoms with Crippen molar-refractivity contribution in [1.82, 2.24) is 14.9 Å². The van der Waals surface area contributed by atoms with Crippen LogP contribution in [-0.2, 0) is 9.53 Å². The Hall–Kier alpha value is -3.13. The number of aromatic nitrogens is 2. The lowest BCUT2D eigenvalue weighted by atomic mass is 10.2. The first kappa shape index (κ1) is 16.7. The zero-order chi connectivity index (χ0) is 17.6. The fraction of sp³-hybridized carbons (Fsp3) is 0.235. The van der Waals surface area contributed by atoms with Crippen molar-refractivity contribution in [2.75, 3.05) is 26.3 Å². The Labute approximate surface area is 143 Å². The summed E-state index contributed by atoms with van der Waals surface area (Å²) in [6, 6.07) is 6.14. The van der Waals surface area contributed by atoms with E-state index in [0.717, 1.165) is 0 Å². The van der Waals surface area contributed by atoms with Gasteiger partial charge in [-0.25, -0.2) is 9.97 Å². The molecule has 1 amide bonds. The lowest BCUT2D eigenvalue weighted by Crippen LogP contribution is -2.39. The van der Waals surface area contributed by atoms with Crippen molar-refractivity contribution >= 4 is 17.7 Å². The summed E-state index contributed by atoms with van der Waals surface area (Å²) in [6.07, 6.45) is 6.28. The van der Waals surface area contributed by atoms with Crippen molar-refractivity contribution in [1.29, 1.82) is 0 Å². The van der Waals surface area contributed by atoms with Gasteiger partial charge in [-0.1, -0.05) is 12.1 Å². The van der Waals surface area contributed by atoms with E-state index in [9.17, 15) is 14.9 Å². The molecule has 3 rings (SSSR count). The van der Waals surface area contributed by atoms with E-state index in [1.54, 1.807) is 35.5 Å². The molecule has 1 aromatic heterocycles. The number of hydrogen-bond donors (Lipinski definition) is 0. The number of carbonyl (C=O) groups is 1. The lowest BCUT2D eigenvalue weighted by Gasteiger charge is -2.25. The van der Waals surface area contributed by atoms with E-state index in [1.807, 2.05) is 0 Å². The van der Waals surface area contributed by atoms with Crippen molar-refractivity contribution in [2.45, 2.75) is 0 Å². The summed E-state index contributed by atoms with van der Waals surface area (Å²) in [4.78, 5) is 32.6. The van der Waals surface area contributed by atoms with E-state index in [2.05, 4.69) is 9.97 Å². The molecule has 0 bridgehead atoms. The molecule has 8 nitrogen and oxygen atoms in total. The fourth-order valence-corrected chi connectivity index (χ4v) is 2.39. The van der Waals surface area contributed by atoms with Crippen molar-refractivity contribution < 1.29 is 14.5 Å². The van der Waals surface area contributed by atoms with Gasteiger partial charge in [-0.05, 0) is 6.08 Å². The minimum atomic E-state index is -0.460. The molecular weight excluding hydrogens is 324 g/mol. The van der Waals surface area contributed by atoms with Crippen LogP contribution in [0.2, 0.25) is 0 Å². The zero-order valence-corrected chi connectivity index (χ0v) is 13.4. The SMILES string of the molecule is O=C(/C=C/c1cnc(-c2cccc([N+](=O)[O-])c2)nc1)N1CCOCC1. The summed E-state index contributed by atoms with van der Waals surface area (Å²) in [5.74, 6) is 0.311. The van der Waals surface area contributed by atoms with Crippen LogP contribution in [0.25, 0.3) is 17.5 Å². The minimum Gasteiger partial charge on any atom is -0.378 e. The van der Waals surface area contributed by atoms with Gasteiger partial charge in [0.1, 0.15) is 0 Å². The van der Waals surface area contributed by atoms with Crippen LogP contribution >= 0.6 is 0 Å². The van der Waals surface area contributed by atoms with Gasteiger partial charge in [0, 0.05) is 54.8 Å². The third-order valence-corrected chi connectivity index (χ3v) is 3.73. The van der Waals surface area contributed by atoms with E-state index in [1.165, 1.54) is 18.2 Å². The van der Waals surface area contributed by atoms with Crippen LogP contribution in [0.1, 0.15) is 5.56 Å². The van der Waals surface area contributed by atoms with E-state index in [0.29, 0.717) is 43.3 Å². The average molecular weight is 340 g/mol. The van der Waals surface area contributed by atoms with Crippen LogP contribution in [0, 0.1) is 10.1 Å². The number of rotatable bonds is 4. The smallest absolute Gasteiger partial charge is 0.270 e. The number of benzene rings is 1. The molecule has 0 spiro atoms. The minimum absolute atomic E-state index is 0.0128. The highest BCUT2D eigenvalue weighted by Crippen LogP contribution is 2.20.